The number of thiophene rings is 1. The van der Waals surface area contributed by atoms with E-state index in [1.807, 2.05) is 5.38 Å². The van der Waals surface area contributed by atoms with Gasteiger partial charge in [-0.3, -0.25) is 4.79 Å². The van der Waals surface area contributed by atoms with Crippen molar-refractivity contribution in [2.75, 3.05) is 13.7 Å². The second-order valence-electron chi connectivity index (χ2n) is 3.76. The molecule has 2 rings (SSSR count). The number of rotatable bonds is 4. The number of ether oxygens (including phenoxy) is 2. The minimum Gasteiger partial charge on any atom is -0.504 e. The Labute approximate surface area is 109 Å². The number of phenols is 1. The van der Waals surface area contributed by atoms with Crippen molar-refractivity contribution >= 4 is 27.4 Å². The predicted octanol–water partition coefficient (Wildman–Crippen LogP) is 2.72. The van der Waals surface area contributed by atoms with Crippen molar-refractivity contribution in [3.05, 3.63) is 23.1 Å². The number of fused-ring (bicyclic) bond motifs is 1. The van der Waals surface area contributed by atoms with E-state index >= 15 is 0 Å². The van der Waals surface area contributed by atoms with Gasteiger partial charge in [0.15, 0.2) is 11.5 Å². The fraction of sp³-hybridized carbons (Fsp3) is 0.308. The van der Waals surface area contributed by atoms with Crippen molar-refractivity contribution in [3.8, 4) is 11.5 Å². The normalized spacial score (nSPS) is 10.6. The number of hydrogen-bond acceptors (Lipinski definition) is 5. The molecule has 2 aromatic rings. The minimum absolute atomic E-state index is 0.0773. The molecule has 0 saturated carbocycles. The Morgan fingerprint density at radius 1 is 1.44 bits per heavy atom. The zero-order valence-electron chi connectivity index (χ0n) is 10.2. The summed E-state index contributed by atoms with van der Waals surface area (Å²) in [7, 11) is 1.51. The van der Waals surface area contributed by atoms with Crippen LogP contribution >= 0.6 is 11.3 Å². The predicted molar refractivity (Wildman–Crippen MR) is 70.4 cm³/mol. The lowest BCUT2D eigenvalue weighted by Crippen LogP contribution is -2.06. The number of carbonyl (C=O) groups excluding carboxylic acids is 1. The van der Waals surface area contributed by atoms with Crippen molar-refractivity contribution in [3.63, 3.8) is 0 Å². The molecule has 0 radical (unpaired) electrons. The molecule has 0 unspecified atom stereocenters. The molecule has 0 aliphatic rings. The van der Waals surface area contributed by atoms with Gasteiger partial charge in [0, 0.05) is 16.2 Å². The Morgan fingerprint density at radius 3 is 2.89 bits per heavy atom. The summed E-state index contributed by atoms with van der Waals surface area (Å²) in [6.45, 7) is 2.15. The Kier molecular flexibility index (Phi) is 3.72. The number of benzene rings is 1. The summed E-state index contributed by atoms with van der Waals surface area (Å²) >= 11 is 1.51. The van der Waals surface area contributed by atoms with Gasteiger partial charge in [-0.2, -0.15) is 0 Å². The summed E-state index contributed by atoms with van der Waals surface area (Å²) in [5.41, 5.74) is 0.867. The summed E-state index contributed by atoms with van der Waals surface area (Å²) in [6, 6.07) is 3.39. The van der Waals surface area contributed by atoms with E-state index in [9.17, 15) is 9.90 Å². The highest BCUT2D eigenvalue weighted by molar-refractivity contribution is 7.17. The monoisotopic (exact) mass is 266 g/mol. The Hall–Kier alpha value is -1.75. The summed E-state index contributed by atoms with van der Waals surface area (Å²) in [5, 5.41) is 12.5. The largest absolute Gasteiger partial charge is 0.504 e. The van der Waals surface area contributed by atoms with Crippen LogP contribution in [0.4, 0.5) is 0 Å². The third-order valence-electron chi connectivity index (χ3n) is 2.60. The second kappa shape index (κ2) is 5.27. The van der Waals surface area contributed by atoms with Gasteiger partial charge < -0.3 is 14.6 Å². The first kappa shape index (κ1) is 12.7. The first-order valence-electron chi connectivity index (χ1n) is 5.58. The lowest BCUT2D eigenvalue weighted by atomic mass is 10.1. The highest BCUT2D eigenvalue weighted by atomic mass is 32.1. The van der Waals surface area contributed by atoms with Crippen LogP contribution < -0.4 is 4.74 Å². The van der Waals surface area contributed by atoms with Crippen LogP contribution in [0, 0.1) is 0 Å². The first-order chi connectivity index (χ1) is 8.65. The number of aromatic hydroxyl groups is 1. The van der Waals surface area contributed by atoms with E-state index in [0.717, 1.165) is 15.6 Å². The molecule has 0 atom stereocenters. The highest BCUT2D eigenvalue weighted by Gasteiger charge is 2.12. The molecule has 0 aliphatic heterocycles. The molecular formula is C13H14O4S. The third kappa shape index (κ3) is 2.41. The maximum Gasteiger partial charge on any atom is 0.310 e. The highest BCUT2D eigenvalue weighted by Crippen LogP contribution is 2.36. The summed E-state index contributed by atoms with van der Waals surface area (Å²) in [6.07, 6.45) is 0.222. The Balaban J connectivity index is 2.36. The standard InChI is InChI=1S/C13H14O4S/c1-3-17-13(15)4-8-7-18-12-6-11(16-2)10(14)5-9(8)12/h5-7,14H,3-4H2,1-2H3. The van der Waals surface area contributed by atoms with Gasteiger partial charge in [-0.25, -0.2) is 0 Å². The van der Waals surface area contributed by atoms with Crippen molar-refractivity contribution < 1.29 is 19.4 Å². The summed E-state index contributed by atoms with van der Waals surface area (Å²) in [5.74, 6) is 0.257. The van der Waals surface area contributed by atoms with Gasteiger partial charge in [0.05, 0.1) is 20.1 Å². The fourth-order valence-electron chi connectivity index (χ4n) is 1.76. The van der Waals surface area contributed by atoms with Crippen LogP contribution in [0.1, 0.15) is 12.5 Å². The Morgan fingerprint density at radius 2 is 2.22 bits per heavy atom. The molecule has 1 aromatic carbocycles. The Bertz CT molecular complexity index is 574. The van der Waals surface area contributed by atoms with Crippen LogP contribution in [0.2, 0.25) is 0 Å². The number of carbonyl (C=O) groups is 1. The molecule has 4 nitrogen and oxygen atoms in total. The lowest BCUT2D eigenvalue weighted by Gasteiger charge is -2.04. The molecule has 18 heavy (non-hydrogen) atoms. The first-order valence-corrected chi connectivity index (χ1v) is 6.46. The average Bonchev–Trinajstić information content (AvgIpc) is 2.71. The maximum atomic E-state index is 11.5. The number of methoxy groups -OCH3 is 1. The van der Waals surface area contributed by atoms with E-state index in [4.69, 9.17) is 9.47 Å². The van der Waals surface area contributed by atoms with Crippen LogP contribution in [0.25, 0.3) is 10.1 Å². The minimum atomic E-state index is -0.257. The molecule has 0 bridgehead atoms. The SMILES string of the molecule is CCOC(=O)Cc1csc2cc(OC)c(O)cc12. The van der Waals surface area contributed by atoms with Crippen LogP contribution in [0.3, 0.4) is 0 Å². The maximum absolute atomic E-state index is 11.5. The van der Waals surface area contributed by atoms with Gasteiger partial charge in [0.1, 0.15) is 0 Å². The van der Waals surface area contributed by atoms with Crippen molar-refractivity contribution in [2.45, 2.75) is 13.3 Å². The van der Waals surface area contributed by atoms with Crippen molar-refractivity contribution in [2.24, 2.45) is 0 Å². The molecule has 1 heterocycles. The number of phenolic OH excluding ortho intramolecular Hbond substituents is 1. The summed E-state index contributed by atoms with van der Waals surface area (Å²) in [4.78, 5) is 11.5. The number of esters is 1. The van der Waals surface area contributed by atoms with E-state index in [-0.39, 0.29) is 18.1 Å². The molecular weight excluding hydrogens is 252 g/mol. The molecule has 5 heteroatoms. The third-order valence-corrected chi connectivity index (χ3v) is 3.59. The van der Waals surface area contributed by atoms with Crippen LogP contribution in [0.15, 0.2) is 17.5 Å². The molecule has 0 saturated heterocycles. The zero-order valence-corrected chi connectivity index (χ0v) is 11.0. The van der Waals surface area contributed by atoms with E-state index in [0.29, 0.717) is 12.4 Å². The molecule has 0 spiro atoms. The van der Waals surface area contributed by atoms with Gasteiger partial charge >= 0.3 is 5.97 Å². The van der Waals surface area contributed by atoms with Gasteiger partial charge in [-0.05, 0) is 23.9 Å². The van der Waals surface area contributed by atoms with Gasteiger partial charge in [0.2, 0.25) is 0 Å². The smallest absolute Gasteiger partial charge is 0.310 e. The van der Waals surface area contributed by atoms with Gasteiger partial charge in [-0.1, -0.05) is 0 Å². The van der Waals surface area contributed by atoms with E-state index < -0.39 is 0 Å². The lowest BCUT2D eigenvalue weighted by molar-refractivity contribution is -0.142. The molecule has 1 aromatic heterocycles. The van der Waals surface area contributed by atoms with Crippen molar-refractivity contribution in [1.82, 2.24) is 0 Å². The zero-order chi connectivity index (χ0) is 13.1. The van der Waals surface area contributed by atoms with E-state index in [1.165, 1.54) is 18.4 Å². The van der Waals surface area contributed by atoms with Crippen LogP contribution in [-0.4, -0.2) is 24.8 Å². The van der Waals surface area contributed by atoms with Crippen LogP contribution in [0.5, 0.6) is 11.5 Å². The van der Waals surface area contributed by atoms with E-state index in [2.05, 4.69) is 0 Å². The number of hydrogen-bond donors (Lipinski definition) is 1. The van der Waals surface area contributed by atoms with Gasteiger partial charge in [-0.15, -0.1) is 11.3 Å². The molecule has 0 amide bonds. The van der Waals surface area contributed by atoms with Crippen LogP contribution in [-0.2, 0) is 16.0 Å². The van der Waals surface area contributed by atoms with Gasteiger partial charge in [0.25, 0.3) is 0 Å². The molecule has 0 fully saturated rings. The van der Waals surface area contributed by atoms with Crippen molar-refractivity contribution in [1.29, 1.82) is 0 Å². The topological polar surface area (TPSA) is 55.8 Å². The second-order valence-corrected chi connectivity index (χ2v) is 4.67. The molecule has 0 aliphatic carbocycles. The fourth-order valence-corrected chi connectivity index (χ4v) is 2.74. The molecule has 1 N–H and O–H groups in total. The summed E-state index contributed by atoms with van der Waals surface area (Å²) < 4.78 is 10.9. The molecule has 96 valence electrons. The van der Waals surface area contributed by atoms with E-state index in [1.54, 1.807) is 19.1 Å². The quantitative estimate of drug-likeness (QED) is 0.864. The average molecular weight is 266 g/mol.